The second-order valence-electron chi connectivity index (χ2n) is 5.32. The topological polar surface area (TPSA) is 64.4 Å². The number of carbonyl (C=O) groups is 1. The molecule has 5 nitrogen and oxygen atoms in total. The van der Waals surface area contributed by atoms with Crippen molar-refractivity contribution in [1.29, 1.82) is 0 Å². The molecule has 0 radical (unpaired) electrons. The van der Waals surface area contributed by atoms with Crippen LogP contribution in [0.3, 0.4) is 0 Å². The Morgan fingerprint density at radius 3 is 2.70 bits per heavy atom. The molecule has 0 aliphatic carbocycles. The summed E-state index contributed by atoms with van der Waals surface area (Å²) in [7, 11) is 0. The van der Waals surface area contributed by atoms with Crippen molar-refractivity contribution in [2.45, 2.75) is 20.4 Å². The van der Waals surface area contributed by atoms with E-state index in [0.29, 0.717) is 11.6 Å². The summed E-state index contributed by atoms with van der Waals surface area (Å²) >= 11 is 0. The number of nitrogens with zero attached hydrogens (tertiary/aromatic N) is 1. The average molecular weight is 310 g/mol. The largest absolute Gasteiger partial charge is 0.484 e. The van der Waals surface area contributed by atoms with E-state index in [9.17, 15) is 4.79 Å². The lowest BCUT2D eigenvalue weighted by molar-refractivity contribution is -0.123. The molecule has 118 valence electrons. The number of aromatic nitrogens is 1. The second kappa shape index (κ2) is 6.52. The third kappa shape index (κ3) is 3.69. The van der Waals surface area contributed by atoms with Crippen LogP contribution in [0.1, 0.15) is 17.3 Å². The van der Waals surface area contributed by atoms with E-state index in [-0.39, 0.29) is 19.1 Å². The highest BCUT2D eigenvalue weighted by Crippen LogP contribution is 2.20. The molecular formula is C18H18N2O3. The number of ether oxygens (including phenoxy) is 1. The molecule has 0 saturated heterocycles. The van der Waals surface area contributed by atoms with Gasteiger partial charge in [-0.1, -0.05) is 30.3 Å². The molecule has 5 heteroatoms. The van der Waals surface area contributed by atoms with Crippen molar-refractivity contribution in [1.82, 2.24) is 10.3 Å². The van der Waals surface area contributed by atoms with Crippen molar-refractivity contribution in [3.05, 3.63) is 59.8 Å². The van der Waals surface area contributed by atoms with Gasteiger partial charge in [0.05, 0.1) is 12.2 Å². The van der Waals surface area contributed by atoms with Crippen LogP contribution in [0.4, 0.5) is 0 Å². The van der Waals surface area contributed by atoms with Crippen molar-refractivity contribution in [3.8, 4) is 5.75 Å². The fraction of sp³-hybridized carbons (Fsp3) is 0.222. The molecule has 3 rings (SSSR count). The molecule has 0 unspecified atom stereocenters. The van der Waals surface area contributed by atoms with Gasteiger partial charge in [0.2, 0.25) is 5.89 Å². The van der Waals surface area contributed by atoms with Crippen LogP contribution in [0.15, 0.2) is 46.9 Å². The van der Waals surface area contributed by atoms with Gasteiger partial charge < -0.3 is 14.5 Å². The van der Waals surface area contributed by atoms with Crippen LogP contribution >= 0.6 is 0 Å². The van der Waals surface area contributed by atoms with Gasteiger partial charge in [0.15, 0.2) is 6.61 Å². The predicted octanol–water partition coefficient (Wildman–Crippen LogP) is 3.14. The van der Waals surface area contributed by atoms with Crippen molar-refractivity contribution in [2.75, 3.05) is 6.61 Å². The Labute approximate surface area is 134 Å². The van der Waals surface area contributed by atoms with Crippen molar-refractivity contribution in [3.63, 3.8) is 0 Å². The van der Waals surface area contributed by atoms with Gasteiger partial charge in [0.1, 0.15) is 11.5 Å². The van der Waals surface area contributed by atoms with Gasteiger partial charge in [-0.25, -0.2) is 4.98 Å². The number of amides is 1. The van der Waals surface area contributed by atoms with Crippen molar-refractivity contribution in [2.24, 2.45) is 0 Å². The Bertz CT molecular complexity index is 820. The molecule has 0 bridgehead atoms. The maximum absolute atomic E-state index is 11.8. The molecule has 1 heterocycles. The standard InChI is InChI=1S/C18H18N2O3/c1-12-13(2)23-18(20-12)10-19-17(21)11-22-16-8-7-14-5-3-4-6-15(14)9-16/h3-9H,10-11H2,1-2H3,(H,19,21). The van der Waals surface area contributed by atoms with E-state index < -0.39 is 0 Å². The summed E-state index contributed by atoms with van der Waals surface area (Å²) in [6.45, 7) is 3.93. The fourth-order valence-corrected chi connectivity index (χ4v) is 2.25. The van der Waals surface area contributed by atoms with E-state index in [1.54, 1.807) is 0 Å². The summed E-state index contributed by atoms with van der Waals surface area (Å²) in [5.41, 5.74) is 0.835. The minimum Gasteiger partial charge on any atom is -0.484 e. The first-order valence-electron chi connectivity index (χ1n) is 7.43. The Hall–Kier alpha value is -2.82. The number of benzene rings is 2. The Morgan fingerprint density at radius 2 is 1.96 bits per heavy atom. The van der Waals surface area contributed by atoms with Gasteiger partial charge in [-0.15, -0.1) is 0 Å². The lowest BCUT2D eigenvalue weighted by Crippen LogP contribution is -2.28. The first kappa shape index (κ1) is 15.1. The van der Waals surface area contributed by atoms with Gasteiger partial charge in [-0.3, -0.25) is 4.79 Å². The number of oxazole rings is 1. The Kier molecular flexibility index (Phi) is 4.28. The number of hydrogen-bond donors (Lipinski definition) is 1. The summed E-state index contributed by atoms with van der Waals surface area (Å²) < 4.78 is 10.9. The Balaban J connectivity index is 1.53. The fourth-order valence-electron chi connectivity index (χ4n) is 2.25. The van der Waals surface area contributed by atoms with Crippen LogP contribution in [0.25, 0.3) is 10.8 Å². The number of fused-ring (bicyclic) bond motifs is 1. The van der Waals surface area contributed by atoms with Gasteiger partial charge in [0, 0.05) is 0 Å². The summed E-state index contributed by atoms with van der Waals surface area (Å²) in [4.78, 5) is 16.1. The van der Waals surface area contributed by atoms with Crippen LogP contribution < -0.4 is 10.1 Å². The first-order chi connectivity index (χ1) is 11.1. The molecule has 0 aliphatic rings. The third-order valence-electron chi connectivity index (χ3n) is 3.60. The van der Waals surface area contributed by atoms with E-state index in [1.165, 1.54) is 0 Å². The first-order valence-corrected chi connectivity index (χ1v) is 7.43. The van der Waals surface area contributed by atoms with E-state index in [1.807, 2.05) is 56.3 Å². The zero-order chi connectivity index (χ0) is 16.2. The van der Waals surface area contributed by atoms with Gasteiger partial charge in [-0.05, 0) is 36.8 Å². The molecule has 1 aromatic heterocycles. The molecule has 1 amide bonds. The number of carbonyl (C=O) groups excluding carboxylic acids is 1. The van der Waals surface area contributed by atoms with Crippen LogP contribution in [0.2, 0.25) is 0 Å². The zero-order valence-corrected chi connectivity index (χ0v) is 13.1. The molecular weight excluding hydrogens is 292 g/mol. The minimum absolute atomic E-state index is 0.0446. The quantitative estimate of drug-likeness (QED) is 0.786. The molecule has 0 spiro atoms. The monoisotopic (exact) mass is 310 g/mol. The smallest absolute Gasteiger partial charge is 0.258 e. The highest BCUT2D eigenvalue weighted by atomic mass is 16.5. The van der Waals surface area contributed by atoms with E-state index in [0.717, 1.165) is 22.2 Å². The third-order valence-corrected chi connectivity index (χ3v) is 3.60. The second-order valence-corrected chi connectivity index (χ2v) is 5.32. The van der Waals surface area contributed by atoms with Gasteiger partial charge >= 0.3 is 0 Å². The van der Waals surface area contributed by atoms with E-state index >= 15 is 0 Å². The number of nitrogens with one attached hydrogen (secondary N) is 1. The summed E-state index contributed by atoms with van der Waals surface area (Å²) in [5, 5.41) is 4.94. The van der Waals surface area contributed by atoms with E-state index in [2.05, 4.69) is 10.3 Å². The molecule has 23 heavy (non-hydrogen) atoms. The molecule has 3 aromatic rings. The normalized spacial score (nSPS) is 10.7. The number of hydrogen-bond acceptors (Lipinski definition) is 4. The molecule has 0 atom stereocenters. The molecule has 0 aliphatic heterocycles. The lowest BCUT2D eigenvalue weighted by Gasteiger charge is -2.07. The molecule has 2 aromatic carbocycles. The summed E-state index contributed by atoms with van der Waals surface area (Å²) in [6.07, 6.45) is 0. The molecule has 1 N–H and O–H groups in total. The number of aryl methyl sites for hydroxylation is 2. The average Bonchev–Trinajstić information content (AvgIpc) is 2.89. The van der Waals surface area contributed by atoms with Crippen LogP contribution in [0.5, 0.6) is 5.75 Å². The van der Waals surface area contributed by atoms with Crippen LogP contribution in [0, 0.1) is 13.8 Å². The predicted molar refractivity (Wildman–Crippen MR) is 87.3 cm³/mol. The number of rotatable bonds is 5. The van der Waals surface area contributed by atoms with Gasteiger partial charge in [0.25, 0.3) is 5.91 Å². The van der Waals surface area contributed by atoms with Crippen molar-refractivity contribution < 1.29 is 13.9 Å². The SMILES string of the molecule is Cc1nc(CNC(=O)COc2ccc3ccccc3c2)oc1C. The Morgan fingerprint density at radius 1 is 1.17 bits per heavy atom. The minimum atomic E-state index is -0.216. The maximum Gasteiger partial charge on any atom is 0.258 e. The molecule has 0 fully saturated rings. The highest BCUT2D eigenvalue weighted by Gasteiger charge is 2.08. The zero-order valence-electron chi connectivity index (χ0n) is 13.1. The lowest BCUT2D eigenvalue weighted by atomic mass is 10.1. The van der Waals surface area contributed by atoms with Crippen molar-refractivity contribution >= 4 is 16.7 Å². The van der Waals surface area contributed by atoms with E-state index in [4.69, 9.17) is 9.15 Å². The van der Waals surface area contributed by atoms with Crippen LogP contribution in [-0.4, -0.2) is 17.5 Å². The summed E-state index contributed by atoms with van der Waals surface area (Å²) in [6, 6.07) is 13.8. The van der Waals surface area contributed by atoms with Crippen LogP contribution in [-0.2, 0) is 11.3 Å². The summed E-state index contributed by atoms with van der Waals surface area (Å²) in [5.74, 6) is 1.72. The molecule has 0 saturated carbocycles. The highest BCUT2D eigenvalue weighted by molar-refractivity contribution is 5.84. The van der Waals surface area contributed by atoms with Gasteiger partial charge in [-0.2, -0.15) is 0 Å². The maximum atomic E-state index is 11.8.